The van der Waals surface area contributed by atoms with Crippen molar-refractivity contribution in [2.24, 2.45) is 0 Å². The van der Waals surface area contributed by atoms with E-state index in [1.165, 1.54) is 12.1 Å². The minimum Gasteiger partial charge on any atom is -0.366 e. The molecular formula is C24H23F2N7O. The number of halogens is 2. The third kappa shape index (κ3) is 3.68. The standard InChI is InChI=1S/C24H23F2N7O/c25-16-1-4-21(28-12-16)30-24(34)33-18-7-10-31(14-18)20-3-2-19(29-23(20)33)15-5-8-27-22(11-15)32-9-6-17(26)13-32/h1-5,8,11-12,17-18H,6-7,9-10,13-14H2,(H,28,30,34)/t17-,18-/m0/s1. The topological polar surface area (TPSA) is 77.5 Å². The van der Waals surface area contributed by atoms with E-state index in [1.54, 1.807) is 11.1 Å². The highest BCUT2D eigenvalue weighted by atomic mass is 19.1. The fourth-order valence-corrected chi connectivity index (χ4v) is 4.93. The molecule has 2 fully saturated rings. The lowest BCUT2D eigenvalue weighted by Crippen LogP contribution is -2.48. The molecule has 2 saturated heterocycles. The number of carbonyl (C=O) groups is 1. The number of urea groups is 1. The first kappa shape index (κ1) is 20.8. The summed E-state index contributed by atoms with van der Waals surface area (Å²) in [6.45, 7) is 2.56. The molecule has 2 bridgehead atoms. The first-order valence-electron chi connectivity index (χ1n) is 11.4. The molecule has 6 heterocycles. The van der Waals surface area contributed by atoms with Gasteiger partial charge in [0, 0.05) is 31.4 Å². The second-order valence-electron chi connectivity index (χ2n) is 8.82. The number of fused-ring (bicyclic) bond motifs is 4. The number of pyridine rings is 3. The maximum Gasteiger partial charge on any atom is 0.329 e. The molecule has 0 aliphatic carbocycles. The zero-order chi connectivity index (χ0) is 23.2. The van der Waals surface area contributed by atoms with Crippen molar-refractivity contribution in [3.63, 3.8) is 0 Å². The molecule has 0 aromatic carbocycles. The zero-order valence-corrected chi connectivity index (χ0v) is 18.4. The van der Waals surface area contributed by atoms with Crippen LogP contribution in [0.2, 0.25) is 0 Å². The molecule has 34 heavy (non-hydrogen) atoms. The van der Waals surface area contributed by atoms with Gasteiger partial charge in [-0.15, -0.1) is 0 Å². The highest BCUT2D eigenvalue weighted by Crippen LogP contribution is 2.40. The van der Waals surface area contributed by atoms with Crippen molar-refractivity contribution >= 4 is 29.2 Å². The highest BCUT2D eigenvalue weighted by molar-refractivity contribution is 6.04. The van der Waals surface area contributed by atoms with Gasteiger partial charge in [-0.1, -0.05) is 0 Å². The van der Waals surface area contributed by atoms with Crippen LogP contribution in [0.3, 0.4) is 0 Å². The Hall–Kier alpha value is -3.82. The first-order chi connectivity index (χ1) is 16.5. The lowest BCUT2D eigenvalue weighted by molar-refractivity contribution is 0.254. The van der Waals surface area contributed by atoms with Crippen LogP contribution in [0, 0.1) is 5.82 Å². The molecule has 8 nitrogen and oxygen atoms in total. The molecule has 10 heteroatoms. The average molecular weight is 463 g/mol. The molecule has 3 aliphatic rings. The molecule has 2 amide bonds. The van der Waals surface area contributed by atoms with Crippen LogP contribution in [0.1, 0.15) is 12.8 Å². The van der Waals surface area contributed by atoms with E-state index >= 15 is 0 Å². The molecule has 1 N–H and O–H groups in total. The molecule has 174 valence electrons. The van der Waals surface area contributed by atoms with Crippen LogP contribution in [-0.2, 0) is 0 Å². The molecule has 0 radical (unpaired) electrons. The summed E-state index contributed by atoms with van der Waals surface area (Å²) in [5.41, 5.74) is 2.45. The molecule has 0 unspecified atom stereocenters. The van der Waals surface area contributed by atoms with Gasteiger partial charge in [0.2, 0.25) is 0 Å². The Morgan fingerprint density at radius 3 is 2.71 bits per heavy atom. The minimum atomic E-state index is -0.834. The number of hydrogen-bond acceptors (Lipinski definition) is 6. The summed E-state index contributed by atoms with van der Waals surface area (Å²) in [6.07, 6.45) is 3.27. The predicted octanol–water partition coefficient (Wildman–Crippen LogP) is 3.86. The van der Waals surface area contributed by atoms with Crippen LogP contribution in [0.5, 0.6) is 0 Å². The Bertz CT molecular complexity index is 1240. The van der Waals surface area contributed by atoms with Crippen LogP contribution >= 0.6 is 0 Å². The molecule has 3 aliphatic heterocycles. The molecule has 3 aromatic heterocycles. The van der Waals surface area contributed by atoms with Crippen molar-refractivity contribution in [1.29, 1.82) is 0 Å². The van der Waals surface area contributed by atoms with Crippen LogP contribution in [0.25, 0.3) is 11.3 Å². The van der Waals surface area contributed by atoms with Gasteiger partial charge in [-0.25, -0.2) is 28.5 Å². The fourth-order valence-electron chi connectivity index (χ4n) is 4.93. The second-order valence-corrected chi connectivity index (χ2v) is 8.82. The number of aromatic nitrogens is 3. The molecule has 0 spiro atoms. The van der Waals surface area contributed by atoms with Crippen LogP contribution in [-0.4, -0.2) is 59.4 Å². The number of rotatable bonds is 3. The number of nitrogens with zero attached hydrogens (tertiary/aromatic N) is 6. The lowest BCUT2D eigenvalue weighted by Gasteiger charge is -2.35. The van der Waals surface area contributed by atoms with Crippen molar-refractivity contribution in [3.05, 3.63) is 54.6 Å². The zero-order valence-electron chi connectivity index (χ0n) is 18.4. The van der Waals surface area contributed by atoms with Gasteiger partial charge in [0.25, 0.3) is 0 Å². The van der Waals surface area contributed by atoms with Crippen LogP contribution < -0.4 is 20.0 Å². The van der Waals surface area contributed by atoms with Gasteiger partial charge < -0.3 is 9.80 Å². The van der Waals surface area contributed by atoms with E-state index in [2.05, 4.69) is 20.2 Å². The Balaban J connectivity index is 1.33. The molecule has 3 aromatic rings. The summed E-state index contributed by atoms with van der Waals surface area (Å²) < 4.78 is 26.9. The molecule has 2 atom stereocenters. The normalized spacial score (nSPS) is 21.1. The SMILES string of the molecule is O=C(Nc1ccc(F)cn1)N1c2nc(-c3ccnc(N4CC[C@H](F)C4)c3)ccc2N2CC[C@H]1C2. The number of carbonyl (C=O) groups excluding carboxylic acids is 1. The van der Waals surface area contributed by atoms with E-state index in [1.807, 2.05) is 29.2 Å². The molecular weight excluding hydrogens is 440 g/mol. The Morgan fingerprint density at radius 2 is 1.91 bits per heavy atom. The summed E-state index contributed by atoms with van der Waals surface area (Å²) >= 11 is 0. The maximum absolute atomic E-state index is 13.7. The summed E-state index contributed by atoms with van der Waals surface area (Å²) in [5.74, 6) is 1.11. The van der Waals surface area contributed by atoms with Gasteiger partial charge in [-0.3, -0.25) is 10.2 Å². The second kappa shape index (κ2) is 8.19. The van der Waals surface area contributed by atoms with E-state index in [4.69, 9.17) is 4.98 Å². The monoisotopic (exact) mass is 463 g/mol. The third-order valence-electron chi connectivity index (χ3n) is 6.63. The molecule has 6 rings (SSSR count). The van der Waals surface area contributed by atoms with Gasteiger partial charge in [-0.05, 0) is 49.2 Å². The van der Waals surface area contributed by atoms with Gasteiger partial charge in [-0.2, -0.15) is 0 Å². The number of amides is 2. The largest absolute Gasteiger partial charge is 0.366 e. The first-order valence-corrected chi connectivity index (χ1v) is 11.4. The maximum atomic E-state index is 13.7. The van der Waals surface area contributed by atoms with Gasteiger partial charge in [0.15, 0.2) is 5.82 Å². The minimum absolute atomic E-state index is 0.0187. The molecule has 0 saturated carbocycles. The van der Waals surface area contributed by atoms with Crippen LogP contribution in [0.15, 0.2) is 48.8 Å². The Kier molecular flexibility index (Phi) is 5.00. The van der Waals surface area contributed by atoms with Crippen LogP contribution in [0.4, 0.5) is 36.7 Å². The van der Waals surface area contributed by atoms with Crippen molar-refractivity contribution in [3.8, 4) is 11.3 Å². The highest BCUT2D eigenvalue weighted by Gasteiger charge is 2.40. The summed E-state index contributed by atoms with van der Waals surface area (Å²) in [7, 11) is 0. The summed E-state index contributed by atoms with van der Waals surface area (Å²) in [6, 6.07) is 10.0. The smallest absolute Gasteiger partial charge is 0.329 e. The summed E-state index contributed by atoms with van der Waals surface area (Å²) in [4.78, 5) is 32.4. The van der Waals surface area contributed by atoms with Crippen molar-refractivity contribution in [2.45, 2.75) is 25.1 Å². The van der Waals surface area contributed by atoms with Gasteiger partial charge in [0.1, 0.15) is 23.6 Å². The Labute approximate surface area is 195 Å². The predicted molar refractivity (Wildman–Crippen MR) is 126 cm³/mol. The number of alkyl halides is 1. The lowest BCUT2D eigenvalue weighted by atomic mass is 10.1. The van der Waals surface area contributed by atoms with Gasteiger partial charge >= 0.3 is 6.03 Å². The van der Waals surface area contributed by atoms with E-state index in [0.717, 1.165) is 42.8 Å². The number of nitrogens with one attached hydrogen (secondary N) is 1. The third-order valence-corrected chi connectivity index (χ3v) is 6.63. The number of anilines is 4. The fraction of sp³-hybridized carbons (Fsp3) is 0.333. The van der Waals surface area contributed by atoms with Gasteiger partial charge in [0.05, 0.1) is 30.2 Å². The number of hydrogen-bond donors (Lipinski definition) is 1. The Morgan fingerprint density at radius 1 is 1.03 bits per heavy atom. The van der Waals surface area contributed by atoms with Crippen molar-refractivity contribution < 1.29 is 13.6 Å². The summed E-state index contributed by atoms with van der Waals surface area (Å²) in [5, 5.41) is 2.77. The van der Waals surface area contributed by atoms with Crippen molar-refractivity contribution in [2.75, 3.05) is 46.2 Å². The average Bonchev–Trinajstić information content (AvgIpc) is 3.48. The van der Waals surface area contributed by atoms with E-state index in [-0.39, 0.29) is 17.9 Å². The van der Waals surface area contributed by atoms with E-state index in [0.29, 0.717) is 31.0 Å². The van der Waals surface area contributed by atoms with Crippen molar-refractivity contribution in [1.82, 2.24) is 15.0 Å². The quantitative estimate of drug-likeness (QED) is 0.636. The van der Waals surface area contributed by atoms with E-state index in [9.17, 15) is 13.6 Å². The van der Waals surface area contributed by atoms with E-state index < -0.39 is 12.0 Å².